The van der Waals surface area contributed by atoms with Gasteiger partial charge in [0, 0.05) is 49.6 Å². The molecule has 2 fully saturated rings. The molecule has 0 saturated carbocycles. The number of nitrogens with one attached hydrogen (secondary N) is 1. The number of carbonyl (C=O) groups is 1. The van der Waals surface area contributed by atoms with Gasteiger partial charge < -0.3 is 19.9 Å². The summed E-state index contributed by atoms with van der Waals surface area (Å²) in [4.78, 5) is 21.1. The normalized spacial score (nSPS) is 22.1. The summed E-state index contributed by atoms with van der Waals surface area (Å²) in [5, 5.41) is 3.37. The second kappa shape index (κ2) is 8.78. The van der Waals surface area contributed by atoms with Crippen LogP contribution in [0.15, 0.2) is 4.99 Å². The number of nitrogens with zero attached hydrogens (tertiary/aromatic N) is 3. The lowest BCUT2D eigenvalue weighted by Crippen LogP contribution is -2.51. The molecular formula is C16H30N4O2S. The molecule has 0 radical (unpaired) electrons. The Balaban J connectivity index is 1.86. The largest absolute Gasteiger partial charge is 0.378 e. The molecule has 7 heteroatoms. The second-order valence-electron chi connectivity index (χ2n) is 6.51. The summed E-state index contributed by atoms with van der Waals surface area (Å²) in [6.45, 7) is 12.7. The van der Waals surface area contributed by atoms with Gasteiger partial charge in [-0.2, -0.15) is 11.8 Å². The van der Waals surface area contributed by atoms with Crippen LogP contribution in [0.3, 0.4) is 0 Å². The van der Waals surface area contributed by atoms with Gasteiger partial charge in [0.2, 0.25) is 5.91 Å². The molecule has 0 spiro atoms. The predicted molar refractivity (Wildman–Crippen MR) is 96.1 cm³/mol. The van der Waals surface area contributed by atoms with E-state index in [4.69, 9.17) is 4.74 Å². The Kier molecular flexibility index (Phi) is 7.02. The number of hydrogen-bond donors (Lipinski definition) is 1. The van der Waals surface area contributed by atoms with Crippen LogP contribution in [0, 0.1) is 0 Å². The van der Waals surface area contributed by atoms with Crippen LogP contribution < -0.4 is 5.32 Å². The lowest BCUT2D eigenvalue weighted by atomic mass is 10.2. The van der Waals surface area contributed by atoms with Gasteiger partial charge in [-0.25, -0.2) is 0 Å². The van der Waals surface area contributed by atoms with Crippen molar-refractivity contribution in [3.8, 4) is 0 Å². The topological polar surface area (TPSA) is 57.2 Å². The van der Waals surface area contributed by atoms with E-state index in [-0.39, 0.29) is 10.7 Å². The third-order valence-corrected chi connectivity index (χ3v) is 5.31. The van der Waals surface area contributed by atoms with Crippen molar-refractivity contribution in [2.45, 2.75) is 31.9 Å². The Bertz CT molecular complexity index is 422. The maximum absolute atomic E-state index is 12.2. The highest BCUT2D eigenvalue weighted by molar-refractivity contribution is 8.00. The summed E-state index contributed by atoms with van der Waals surface area (Å²) in [7, 11) is 0. The summed E-state index contributed by atoms with van der Waals surface area (Å²) in [5.41, 5.74) is 0. The first-order valence-corrected chi connectivity index (χ1v) is 9.53. The lowest BCUT2D eigenvalue weighted by Gasteiger charge is -2.39. The Morgan fingerprint density at radius 3 is 2.65 bits per heavy atom. The summed E-state index contributed by atoms with van der Waals surface area (Å²) in [6, 6.07) is 0. The van der Waals surface area contributed by atoms with Crippen molar-refractivity contribution in [2.24, 2.45) is 4.99 Å². The van der Waals surface area contributed by atoms with Gasteiger partial charge in [-0.05, 0) is 20.8 Å². The smallest absolute Gasteiger partial charge is 0.224 e. The van der Waals surface area contributed by atoms with Gasteiger partial charge in [0.25, 0.3) is 0 Å². The zero-order valence-electron chi connectivity index (χ0n) is 14.6. The first kappa shape index (κ1) is 18.4. The van der Waals surface area contributed by atoms with E-state index in [1.165, 1.54) is 0 Å². The zero-order valence-corrected chi connectivity index (χ0v) is 15.5. The Hall–Kier alpha value is -0.950. The van der Waals surface area contributed by atoms with Crippen LogP contribution in [0.5, 0.6) is 0 Å². The van der Waals surface area contributed by atoms with Crippen molar-refractivity contribution in [3.05, 3.63) is 0 Å². The first-order chi connectivity index (χ1) is 11.0. The lowest BCUT2D eigenvalue weighted by molar-refractivity contribution is -0.135. The maximum atomic E-state index is 12.2. The maximum Gasteiger partial charge on any atom is 0.224 e. The molecule has 0 aromatic heterocycles. The molecule has 2 saturated heterocycles. The van der Waals surface area contributed by atoms with Crippen LogP contribution in [-0.2, 0) is 9.53 Å². The van der Waals surface area contributed by atoms with Crippen molar-refractivity contribution >= 4 is 23.6 Å². The highest BCUT2D eigenvalue weighted by Crippen LogP contribution is 2.29. The summed E-state index contributed by atoms with van der Waals surface area (Å²) >= 11 is 2.01. The molecule has 0 aromatic rings. The van der Waals surface area contributed by atoms with E-state index in [1.807, 2.05) is 16.7 Å². The molecule has 23 heavy (non-hydrogen) atoms. The van der Waals surface area contributed by atoms with E-state index in [1.54, 1.807) is 0 Å². The number of morpholine rings is 1. The SMILES string of the molecule is CCNC(=NCCC(=O)N1CCOCC1)N1CCSC(C)(C)C1. The number of ether oxygens (including phenoxy) is 1. The molecule has 0 bridgehead atoms. The minimum Gasteiger partial charge on any atom is -0.378 e. The van der Waals surface area contributed by atoms with Gasteiger partial charge >= 0.3 is 0 Å². The van der Waals surface area contributed by atoms with Gasteiger partial charge in [-0.1, -0.05) is 0 Å². The molecule has 0 unspecified atom stereocenters. The molecule has 132 valence electrons. The average Bonchev–Trinajstić information content (AvgIpc) is 2.54. The van der Waals surface area contributed by atoms with Crippen molar-refractivity contribution in [2.75, 3.05) is 58.2 Å². The molecule has 2 aliphatic rings. The monoisotopic (exact) mass is 342 g/mol. The molecule has 2 aliphatic heterocycles. The second-order valence-corrected chi connectivity index (χ2v) is 8.31. The van der Waals surface area contributed by atoms with Crippen LogP contribution in [0.4, 0.5) is 0 Å². The van der Waals surface area contributed by atoms with Gasteiger partial charge in [0.1, 0.15) is 0 Å². The number of amides is 1. The van der Waals surface area contributed by atoms with E-state index in [9.17, 15) is 4.79 Å². The van der Waals surface area contributed by atoms with Crippen LogP contribution in [0.25, 0.3) is 0 Å². The molecule has 2 rings (SSSR count). The van der Waals surface area contributed by atoms with Crippen LogP contribution in [-0.4, -0.2) is 84.6 Å². The Labute approximate surface area is 144 Å². The fourth-order valence-corrected chi connectivity index (χ4v) is 3.96. The minimum absolute atomic E-state index is 0.183. The van der Waals surface area contributed by atoms with Crippen LogP contribution in [0.2, 0.25) is 0 Å². The van der Waals surface area contributed by atoms with E-state index in [2.05, 4.69) is 36.0 Å². The number of aliphatic imine (C=N–C) groups is 1. The zero-order chi connectivity index (χ0) is 16.7. The van der Waals surface area contributed by atoms with E-state index in [0.717, 1.165) is 31.3 Å². The first-order valence-electron chi connectivity index (χ1n) is 8.54. The molecule has 0 atom stereocenters. The quantitative estimate of drug-likeness (QED) is 0.611. The molecule has 1 amide bonds. The molecule has 0 aliphatic carbocycles. The summed E-state index contributed by atoms with van der Waals surface area (Å²) in [6.07, 6.45) is 0.473. The Morgan fingerprint density at radius 2 is 2.00 bits per heavy atom. The van der Waals surface area contributed by atoms with Crippen LogP contribution >= 0.6 is 11.8 Å². The highest BCUT2D eigenvalue weighted by atomic mass is 32.2. The molecule has 2 heterocycles. The standard InChI is InChI=1S/C16H30N4O2S/c1-4-17-15(20-9-12-23-16(2,3)13-20)18-6-5-14(21)19-7-10-22-11-8-19/h4-13H2,1-3H3,(H,17,18). The van der Waals surface area contributed by atoms with E-state index >= 15 is 0 Å². The summed E-state index contributed by atoms with van der Waals surface area (Å²) < 4.78 is 5.53. The number of hydrogen-bond acceptors (Lipinski definition) is 4. The van der Waals surface area contributed by atoms with Gasteiger partial charge in [0.15, 0.2) is 5.96 Å². The molecule has 0 aromatic carbocycles. The van der Waals surface area contributed by atoms with Crippen molar-refractivity contribution in [3.63, 3.8) is 0 Å². The average molecular weight is 343 g/mol. The van der Waals surface area contributed by atoms with E-state index in [0.29, 0.717) is 39.3 Å². The highest BCUT2D eigenvalue weighted by Gasteiger charge is 2.28. The third kappa shape index (κ3) is 5.88. The van der Waals surface area contributed by atoms with Gasteiger partial charge in [-0.3, -0.25) is 9.79 Å². The van der Waals surface area contributed by atoms with Crippen LogP contribution in [0.1, 0.15) is 27.2 Å². The number of thioether (sulfide) groups is 1. The van der Waals surface area contributed by atoms with E-state index < -0.39 is 0 Å². The molecular weight excluding hydrogens is 312 g/mol. The fraction of sp³-hybridized carbons (Fsp3) is 0.875. The van der Waals surface area contributed by atoms with Crippen molar-refractivity contribution in [1.82, 2.24) is 15.1 Å². The summed E-state index contributed by atoms with van der Waals surface area (Å²) in [5.74, 6) is 2.24. The third-order valence-electron chi connectivity index (χ3n) is 4.01. The number of rotatable bonds is 4. The molecule has 1 N–H and O–H groups in total. The van der Waals surface area contributed by atoms with Crippen molar-refractivity contribution in [1.29, 1.82) is 0 Å². The molecule has 6 nitrogen and oxygen atoms in total. The van der Waals surface area contributed by atoms with Gasteiger partial charge in [-0.15, -0.1) is 0 Å². The minimum atomic E-state index is 0.183. The number of carbonyl (C=O) groups excluding carboxylic acids is 1. The fourth-order valence-electron chi connectivity index (χ4n) is 2.85. The van der Waals surface area contributed by atoms with Gasteiger partial charge in [0.05, 0.1) is 19.8 Å². The van der Waals surface area contributed by atoms with Crippen molar-refractivity contribution < 1.29 is 9.53 Å². The Morgan fingerprint density at radius 1 is 1.26 bits per heavy atom. The predicted octanol–water partition coefficient (Wildman–Crippen LogP) is 1.03. The number of guanidine groups is 1.